The van der Waals surface area contributed by atoms with Gasteiger partial charge in [-0.3, -0.25) is 9.36 Å². The van der Waals surface area contributed by atoms with Gasteiger partial charge in [0.25, 0.3) is 0 Å². The lowest BCUT2D eigenvalue weighted by atomic mass is 10.1. The summed E-state index contributed by atoms with van der Waals surface area (Å²) < 4.78 is 31.4. The predicted molar refractivity (Wildman–Crippen MR) is 127 cm³/mol. The fourth-order valence-corrected chi connectivity index (χ4v) is 4.27. The van der Waals surface area contributed by atoms with Crippen molar-refractivity contribution >= 4 is 23.4 Å². The van der Waals surface area contributed by atoms with Crippen molar-refractivity contribution in [2.45, 2.75) is 5.16 Å². The van der Waals surface area contributed by atoms with Crippen LogP contribution in [-0.2, 0) is 4.79 Å². The van der Waals surface area contributed by atoms with Crippen molar-refractivity contribution in [1.29, 1.82) is 0 Å². The third-order valence-electron chi connectivity index (χ3n) is 5.13. The number of rotatable bonds is 7. The molecule has 1 N–H and O–H groups in total. The monoisotopic (exact) mass is 477 g/mol. The number of carbonyl (C=O) groups excluding carboxylic acids is 1. The van der Waals surface area contributed by atoms with E-state index in [-0.39, 0.29) is 24.3 Å². The maximum absolute atomic E-state index is 13.5. The zero-order valence-electron chi connectivity index (χ0n) is 18.2. The van der Waals surface area contributed by atoms with Crippen molar-refractivity contribution in [3.05, 3.63) is 78.7 Å². The Labute approximate surface area is 199 Å². The minimum absolute atomic E-state index is 0.135. The third-order valence-corrected chi connectivity index (χ3v) is 6.09. The molecule has 0 aliphatic carbocycles. The number of ether oxygens (including phenoxy) is 3. The quantitative estimate of drug-likeness (QED) is 0.371. The van der Waals surface area contributed by atoms with E-state index >= 15 is 0 Å². The van der Waals surface area contributed by atoms with Gasteiger partial charge in [0.2, 0.25) is 12.7 Å². The first kappa shape index (κ1) is 21.8. The number of benzene rings is 3. The Bertz CT molecular complexity index is 1340. The van der Waals surface area contributed by atoms with Gasteiger partial charge in [0.1, 0.15) is 11.6 Å². The highest BCUT2D eigenvalue weighted by Crippen LogP contribution is 2.36. The molecule has 1 aliphatic rings. The molecule has 3 aromatic carbocycles. The van der Waals surface area contributed by atoms with Crippen LogP contribution in [0.2, 0.25) is 0 Å². The Balaban J connectivity index is 1.39. The summed E-state index contributed by atoms with van der Waals surface area (Å²) >= 11 is 1.28. The average molecular weight is 478 g/mol. The molecule has 34 heavy (non-hydrogen) atoms. The van der Waals surface area contributed by atoms with E-state index in [1.54, 1.807) is 37.4 Å². The number of fused-ring (bicyclic) bond motifs is 1. The van der Waals surface area contributed by atoms with Gasteiger partial charge in [0.05, 0.1) is 18.6 Å². The largest absolute Gasteiger partial charge is 0.497 e. The first-order chi connectivity index (χ1) is 16.6. The minimum Gasteiger partial charge on any atom is -0.497 e. The summed E-state index contributed by atoms with van der Waals surface area (Å²) in [6.45, 7) is 0.187. The first-order valence-corrected chi connectivity index (χ1v) is 11.4. The molecular formula is C25H20FN3O4S. The van der Waals surface area contributed by atoms with Crippen LogP contribution in [0, 0.1) is 5.82 Å². The summed E-state index contributed by atoms with van der Waals surface area (Å²) in [4.78, 5) is 17.3. The highest BCUT2D eigenvalue weighted by Gasteiger charge is 2.18. The van der Waals surface area contributed by atoms with Gasteiger partial charge in [-0.1, -0.05) is 17.8 Å². The molecule has 0 spiro atoms. The molecule has 4 aromatic rings. The molecule has 172 valence electrons. The molecule has 0 saturated heterocycles. The van der Waals surface area contributed by atoms with Crippen LogP contribution >= 0.6 is 11.8 Å². The first-order valence-electron chi connectivity index (χ1n) is 10.4. The van der Waals surface area contributed by atoms with E-state index in [4.69, 9.17) is 19.2 Å². The van der Waals surface area contributed by atoms with Crippen LogP contribution in [0.25, 0.3) is 16.9 Å². The Kier molecular flexibility index (Phi) is 6.09. The molecule has 7 nitrogen and oxygen atoms in total. The van der Waals surface area contributed by atoms with Crippen LogP contribution in [0.4, 0.5) is 10.1 Å². The molecule has 9 heteroatoms. The highest BCUT2D eigenvalue weighted by molar-refractivity contribution is 7.99. The number of methoxy groups -OCH3 is 1. The number of nitrogens with zero attached hydrogens (tertiary/aromatic N) is 2. The van der Waals surface area contributed by atoms with Crippen LogP contribution in [0.1, 0.15) is 0 Å². The lowest BCUT2D eigenvalue weighted by molar-refractivity contribution is -0.113. The molecule has 0 saturated carbocycles. The second-order valence-electron chi connectivity index (χ2n) is 7.39. The van der Waals surface area contributed by atoms with E-state index in [1.807, 2.05) is 35.0 Å². The summed E-state index contributed by atoms with van der Waals surface area (Å²) in [5.74, 6) is 1.62. The van der Waals surface area contributed by atoms with Gasteiger partial charge in [-0.25, -0.2) is 9.37 Å². The minimum atomic E-state index is -0.327. The van der Waals surface area contributed by atoms with E-state index in [2.05, 4.69) is 5.32 Å². The lowest BCUT2D eigenvalue weighted by Crippen LogP contribution is -2.14. The molecule has 1 aliphatic heterocycles. The van der Waals surface area contributed by atoms with Gasteiger partial charge in [0.15, 0.2) is 16.7 Å². The molecule has 0 radical (unpaired) electrons. The zero-order valence-corrected chi connectivity index (χ0v) is 19.0. The van der Waals surface area contributed by atoms with Crippen LogP contribution < -0.4 is 19.5 Å². The van der Waals surface area contributed by atoms with Crippen LogP contribution in [0.15, 0.2) is 78.1 Å². The second kappa shape index (κ2) is 9.48. The number of aromatic nitrogens is 2. The summed E-state index contributed by atoms with van der Waals surface area (Å²) in [6, 6.07) is 18.9. The molecule has 2 heterocycles. The maximum atomic E-state index is 13.5. The van der Waals surface area contributed by atoms with Gasteiger partial charge in [-0.15, -0.1) is 0 Å². The maximum Gasteiger partial charge on any atom is 0.234 e. The van der Waals surface area contributed by atoms with Crippen molar-refractivity contribution in [3.63, 3.8) is 0 Å². The van der Waals surface area contributed by atoms with E-state index in [9.17, 15) is 9.18 Å². The van der Waals surface area contributed by atoms with Crippen LogP contribution in [0.5, 0.6) is 17.2 Å². The topological polar surface area (TPSA) is 74.6 Å². The Hall–Kier alpha value is -3.98. The molecular weight excluding hydrogens is 457 g/mol. The average Bonchev–Trinajstić information content (AvgIpc) is 3.50. The number of nitrogens with one attached hydrogen (secondary N) is 1. The van der Waals surface area contributed by atoms with Gasteiger partial charge in [-0.05, 0) is 54.6 Å². The number of imidazole rings is 1. The number of halogens is 1. The normalized spacial score (nSPS) is 11.9. The van der Waals surface area contributed by atoms with Crippen LogP contribution in [-0.4, -0.2) is 35.1 Å². The number of thioether (sulfide) groups is 1. The summed E-state index contributed by atoms with van der Waals surface area (Å²) in [6.07, 6.45) is 1.85. The van der Waals surface area contributed by atoms with E-state index in [0.717, 1.165) is 11.3 Å². The number of amides is 1. The zero-order chi connectivity index (χ0) is 23.5. The molecule has 1 aromatic heterocycles. The Morgan fingerprint density at radius 3 is 2.76 bits per heavy atom. The van der Waals surface area contributed by atoms with Crippen molar-refractivity contribution < 1.29 is 23.4 Å². The fraction of sp³-hybridized carbons (Fsp3) is 0.120. The van der Waals surface area contributed by atoms with Gasteiger partial charge in [-0.2, -0.15) is 0 Å². The van der Waals surface area contributed by atoms with Gasteiger partial charge < -0.3 is 19.5 Å². The number of hydrogen-bond acceptors (Lipinski definition) is 6. The van der Waals surface area contributed by atoms with Crippen molar-refractivity contribution in [1.82, 2.24) is 9.55 Å². The predicted octanol–water partition coefficient (Wildman–Crippen LogP) is 5.15. The van der Waals surface area contributed by atoms with E-state index in [0.29, 0.717) is 33.8 Å². The van der Waals surface area contributed by atoms with Crippen LogP contribution in [0.3, 0.4) is 0 Å². The fourth-order valence-electron chi connectivity index (χ4n) is 3.47. The summed E-state index contributed by atoms with van der Waals surface area (Å²) in [5, 5.41) is 3.46. The van der Waals surface area contributed by atoms with Crippen molar-refractivity contribution in [2.24, 2.45) is 0 Å². The van der Waals surface area contributed by atoms with E-state index < -0.39 is 0 Å². The summed E-state index contributed by atoms with van der Waals surface area (Å²) in [7, 11) is 1.57. The Morgan fingerprint density at radius 1 is 1.12 bits per heavy atom. The number of carbonyl (C=O) groups is 1. The van der Waals surface area contributed by atoms with Crippen molar-refractivity contribution in [3.8, 4) is 34.2 Å². The summed E-state index contributed by atoms with van der Waals surface area (Å²) in [5.41, 5.74) is 2.91. The molecule has 5 rings (SSSR count). The molecule has 0 fully saturated rings. The molecule has 0 unspecified atom stereocenters. The standard InChI is InChI=1S/C25H20FN3O4S/c1-31-20-4-2-3-18(12-20)27-24(30)14-34-25-28-21(13-29(25)19-8-6-17(26)7-9-19)16-5-10-22-23(11-16)33-15-32-22/h2-13H,14-15H2,1H3,(H,27,30). The number of anilines is 1. The van der Waals surface area contributed by atoms with Gasteiger partial charge in [0, 0.05) is 29.2 Å². The highest BCUT2D eigenvalue weighted by atomic mass is 32.2. The smallest absolute Gasteiger partial charge is 0.234 e. The molecule has 0 atom stereocenters. The SMILES string of the molecule is COc1cccc(NC(=O)CSc2nc(-c3ccc4c(c3)OCO4)cn2-c2ccc(F)cc2)c1. The van der Waals surface area contributed by atoms with Crippen molar-refractivity contribution in [2.75, 3.05) is 25.0 Å². The molecule has 1 amide bonds. The molecule has 0 bridgehead atoms. The third kappa shape index (κ3) is 4.69. The van der Waals surface area contributed by atoms with E-state index in [1.165, 1.54) is 23.9 Å². The second-order valence-corrected chi connectivity index (χ2v) is 8.33. The number of hydrogen-bond donors (Lipinski definition) is 1. The van der Waals surface area contributed by atoms with Gasteiger partial charge >= 0.3 is 0 Å². The lowest BCUT2D eigenvalue weighted by Gasteiger charge is -2.08. The Morgan fingerprint density at radius 2 is 1.94 bits per heavy atom.